The van der Waals surface area contributed by atoms with Crippen molar-refractivity contribution in [3.8, 4) is 0 Å². The molecule has 1 aliphatic carbocycles. The van der Waals surface area contributed by atoms with Gasteiger partial charge in [0.1, 0.15) is 5.76 Å². The molecular weight excluding hydrogens is 338 g/mol. The lowest BCUT2D eigenvalue weighted by Gasteiger charge is -2.31. The van der Waals surface area contributed by atoms with Crippen LogP contribution in [0.5, 0.6) is 0 Å². The molecule has 8 heteroatoms. The molecule has 0 aromatic heterocycles. The van der Waals surface area contributed by atoms with E-state index in [0.717, 1.165) is 26.2 Å². The molecule has 0 aromatic rings. The van der Waals surface area contributed by atoms with Crippen LogP contribution in [0.25, 0.3) is 0 Å². The summed E-state index contributed by atoms with van der Waals surface area (Å²) in [6.07, 6.45) is -9.89. The maximum atomic E-state index is 12.7. The van der Waals surface area contributed by atoms with Gasteiger partial charge in [-0.15, -0.1) is 0 Å². The molecule has 0 saturated heterocycles. The Morgan fingerprint density at radius 1 is 0.958 bits per heavy atom. The van der Waals surface area contributed by atoms with E-state index in [1.807, 2.05) is 0 Å². The lowest BCUT2D eigenvalue weighted by Crippen LogP contribution is -2.38. The predicted octanol–water partition coefficient (Wildman–Crippen LogP) is 5.88. The van der Waals surface area contributed by atoms with Gasteiger partial charge in [0.05, 0.1) is 12.8 Å². The molecule has 1 fully saturated rings. The van der Waals surface area contributed by atoms with Crippen molar-refractivity contribution in [1.29, 1.82) is 0 Å². The molecule has 0 atom stereocenters. The van der Waals surface area contributed by atoms with Gasteiger partial charge >= 0.3 is 12.4 Å². The van der Waals surface area contributed by atoms with Crippen LogP contribution in [0.2, 0.25) is 0 Å². The minimum Gasteiger partial charge on any atom is -0.512 e. The van der Waals surface area contributed by atoms with Gasteiger partial charge in [-0.1, -0.05) is 26.2 Å². The van der Waals surface area contributed by atoms with Crippen molar-refractivity contribution >= 4 is 5.78 Å². The van der Waals surface area contributed by atoms with Crippen molar-refractivity contribution in [2.45, 2.75) is 71.1 Å². The number of carbonyl (C=O) groups is 1. The Morgan fingerprint density at radius 3 is 1.75 bits per heavy atom. The predicted molar refractivity (Wildman–Crippen MR) is 76.4 cm³/mol. The second kappa shape index (κ2) is 7.35. The molecule has 0 spiro atoms. The van der Waals surface area contributed by atoms with Crippen LogP contribution in [0.3, 0.4) is 0 Å². The fourth-order valence-electron chi connectivity index (χ4n) is 3.36. The van der Waals surface area contributed by atoms with Gasteiger partial charge < -0.3 is 5.11 Å². The number of Topliss-reactive ketones (excluding diaryl/α,β-unsaturated/α-hetero) is 1. The maximum absolute atomic E-state index is 12.7. The van der Waals surface area contributed by atoms with Crippen LogP contribution in [0.1, 0.15) is 58.8 Å². The monoisotopic (exact) mass is 360 g/mol. The third-order valence-electron chi connectivity index (χ3n) is 4.45. The molecule has 0 amide bonds. The van der Waals surface area contributed by atoms with E-state index in [2.05, 4.69) is 0 Å². The van der Waals surface area contributed by atoms with Gasteiger partial charge in [0.2, 0.25) is 0 Å². The Balaban J connectivity index is 3.13. The summed E-state index contributed by atoms with van der Waals surface area (Å²) < 4.78 is 76.2. The van der Waals surface area contributed by atoms with E-state index < -0.39 is 42.0 Å². The number of alkyl halides is 6. The molecule has 0 unspecified atom stereocenters. The van der Waals surface area contributed by atoms with E-state index in [1.165, 1.54) is 0 Å². The third kappa shape index (κ3) is 6.02. The fraction of sp³-hybridized carbons (Fsp3) is 0.812. The highest BCUT2D eigenvalue weighted by molar-refractivity contribution is 5.99. The standard InChI is InChI=1S/C16H22F6O2/c1-10(12(23)11-6-4-3-5-7-11)13(24)14(2,8-15(17,18)19)9-16(20,21)22/h11,23H,3-9H2,1-2H3/b12-10-. The molecule has 0 radical (unpaired) electrons. The lowest BCUT2D eigenvalue weighted by atomic mass is 9.74. The zero-order valence-electron chi connectivity index (χ0n) is 13.7. The molecule has 1 aliphatic rings. The number of rotatable bonds is 5. The molecule has 24 heavy (non-hydrogen) atoms. The normalized spacial score (nSPS) is 19.2. The first-order valence-corrected chi connectivity index (χ1v) is 7.83. The topological polar surface area (TPSA) is 37.3 Å². The van der Waals surface area contributed by atoms with Crippen molar-refractivity contribution in [3.63, 3.8) is 0 Å². The molecule has 1 saturated carbocycles. The quantitative estimate of drug-likeness (QED) is 0.378. The summed E-state index contributed by atoms with van der Waals surface area (Å²) in [5, 5.41) is 10.2. The fourth-order valence-corrected chi connectivity index (χ4v) is 3.36. The Kier molecular flexibility index (Phi) is 6.38. The second-order valence-corrected chi connectivity index (χ2v) is 6.82. The highest BCUT2D eigenvalue weighted by Gasteiger charge is 2.51. The first-order chi connectivity index (χ1) is 10.8. The lowest BCUT2D eigenvalue weighted by molar-refractivity contribution is -0.193. The highest BCUT2D eigenvalue weighted by Crippen LogP contribution is 2.44. The van der Waals surface area contributed by atoms with Crippen molar-refractivity contribution in [2.24, 2.45) is 11.3 Å². The van der Waals surface area contributed by atoms with Crippen LogP contribution in [-0.2, 0) is 4.79 Å². The van der Waals surface area contributed by atoms with E-state index in [9.17, 15) is 36.2 Å². The van der Waals surface area contributed by atoms with Crippen LogP contribution >= 0.6 is 0 Å². The van der Waals surface area contributed by atoms with Crippen LogP contribution in [0.4, 0.5) is 26.3 Å². The van der Waals surface area contributed by atoms with Crippen LogP contribution in [0.15, 0.2) is 11.3 Å². The molecule has 0 aliphatic heterocycles. The summed E-state index contributed by atoms with van der Waals surface area (Å²) in [5.74, 6) is -2.03. The molecule has 140 valence electrons. The number of ketones is 1. The molecule has 2 nitrogen and oxygen atoms in total. The zero-order valence-corrected chi connectivity index (χ0v) is 13.7. The number of hydrogen-bond acceptors (Lipinski definition) is 2. The van der Waals surface area contributed by atoms with Crippen molar-refractivity contribution in [1.82, 2.24) is 0 Å². The average Bonchev–Trinajstić information content (AvgIpc) is 2.41. The summed E-state index contributed by atoms with van der Waals surface area (Å²) in [6, 6.07) is 0. The van der Waals surface area contributed by atoms with E-state index in [-0.39, 0.29) is 11.7 Å². The minimum atomic E-state index is -4.92. The van der Waals surface area contributed by atoms with E-state index in [0.29, 0.717) is 19.8 Å². The Hall–Kier alpha value is -1.21. The van der Waals surface area contributed by atoms with E-state index >= 15 is 0 Å². The molecule has 0 bridgehead atoms. The van der Waals surface area contributed by atoms with Gasteiger partial charge in [0, 0.05) is 16.9 Å². The Morgan fingerprint density at radius 2 is 1.38 bits per heavy atom. The largest absolute Gasteiger partial charge is 0.512 e. The van der Waals surface area contributed by atoms with Gasteiger partial charge in [-0.3, -0.25) is 4.79 Å². The van der Waals surface area contributed by atoms with Gasteiger partial charge in [-0.05, 0) is 19.8 Å². The summed E-state index contributed by atoms with van der Waals surface area (Å²) in [6.45, 7) is 1.77. The van der Waals surface area contributed by atoms with Crippen LogP contribution < -0.4 is 0 Å². The summed E-state index contributed by atoms with van der Waals surface area (Å²) in [4.78, 5) is 12.4. The minimum absolute atomic E-state index is 0.365. The zero-order chi connectivity index (χ0) is 18.8. The van der Waals surface area contributed by atoms with Gasteiger partial charge in [-0.2, -0.15) is 26.3 Å². The second-order valence-electron chi connectivity index (χ2n) is 6.82. The Labute approximate surface area is 136 Å². The third-order valence-corrected chi connectivity index (χ3v) is 4.45. The van der Waals surface area contributed by atoms with Crippen LogP contribution in [0, 0.1) is 11.3 Å². The summed E-state index contributed by atoms with van der Waals surface area (Å²) in [5.41, 5.74) is -3.07. The number of carbonyl (C=O) groups excluding carboxylic acids is 1. The highest BCUT2D eigenvalue weighted by atomic mass is 19.4. The van der Waals surface area contributed by atoms with Crippen molar-refractivity contribution in [3.05, 3.63) is 11.3 Å². The molecule has 1 rings (SSSR count). The maximum Gasteiger partial charge on any atom is 0.390 e. The van der Waals surface area contributed by atoms with Crippen molar-refractivity contribution < 1.29 is 36.2 Å². The van der Waals surface area contributed by atoms with E-state index in [1.54, 1.807) is 0 Å². The first kappa shape index (κ1) is 20.8. The first-order valence-electron chi connectivity index (χ1n) is 7.83. The van der Waals surface area contributed by atoms with E-state index in [4.69, 9.17) is 0 Å². The number of allylic oxidation sites excluding steroid dienone is 2. The molecule has 1 N–H and O–H groups in total. The summed E-state index contributed by atoms with van der Waals surface area (Å²) in [7, 11) is 0. The van der Waals surface area contributed by atoms with Crippen molar-refractivity contribution in [2.75, 3.05) is 0 Å². The number of aliphatic hydroxyl groups is 1. The Bertz CT molecular complexity index is 468. The molecule has 0 heterocycles. The van der Waals surface area contributed by atoms with Gasteiger partial charge in [-0.25, -0.2) is 0 Å². The molecular formula is C16H22F6O2. The van der Waals surface area contributed by atoms with Gasteiger partial charge in [0.15, 0.2) is 5.78 Å². The summed E-state index contributed by atoms with van der Waals surface area (Å²) >= 11 is 0. The molecule has 0 aromatic carbocycles. The number of aliphatic hydroxyl groups excluding tert-OH is 1. The van der Waals surface area contributed by atoms with Gasteiger partial charge in [0.25, 0.3) is 0 Å². The smallest absolute Gasteiger partial charge is 0.390 e. The average molecular weight is 360 g/mol. The number of halogens is 6. The SMILES string of the molecule is C/C(C(=O)C(C)(CC(F)(F)F)CC(F)(F)F)=C(/O)C1CCCCC1. The van der Waals surface area contributed by atoms with Crippen LogP contribution in [-0.4, -0.2) is 23.2 Å². The number of hydrogen-bond donors (Lipinski definition) is 1.